The monoisotopic (exact) mass is 332 g/mol. The molecule has 0 aliphatic rings. The van der Waals surface area contributed by atoms with Crippen LogP contribution in [0.4, 0.5) is 23.4 Å². The molecule has 0 aromatic carbocycles. The third kappa shape index (κ3) is 3.25. The van der Waals surface area contributed by atoms with Gasteiger partial charge in [0.2, 0.25) is 0 Å². The minimum Gasteiger partial charge on any atom is -0.462 e. The van der Waals surface area contributed by atoms with E-state index >= 15 is 0 Å². The van der Waals surface area contributed by atoms with Crippen molar-refractivity contribution < 1.29 is 27.1 Å². The summed E-state index contributed by atoms with van der Waals surface area (Å²) in [7, 11) is 1.37. The number of carbonyl (C=O) groups is 1. The third-order valence-corrected chi connectivity index (χ3v) is 2.82. The van der Waals surface area contributed by atoms with Crippen molar-refractivity contribution in [1.29, 1.82) is 0 Å². The number of hydrogen-bond donors (Lipinski definition) is 1. The number of hydrogen-bond acceptors (Lipinski definition) is 5. The highest BCUT2D eigenvalue weighted by Crippen LogP contribution is 2.34. The highest BCUT2D eigenvalue weighted by molar-refractivity contribution is 5.90. The van der Waals surface area contributed by atoms with Gasteiger partial charge in [-0.1, -0.05) is 0 Å². The highest BCUT2D eigenvalue weighted by Gasteiger charge is 2.41. The Morgan fingerprint density at radius 3 is 2.65 bits per heavy atom. The normalized spacial score (nSPS) is 11.4. The van der Waals surface area contributed by atoms with E-state index in [2.05, 4.69) is 20.1 Å². The predicted molar refractivity (Wildman–Crippen MR) is 71.8 cm³/mol. The lowest BCUT2D eigenvalue weighted by Gasteiger charge is -2.12. The van der Waals surface area contributed by atoms with Gasteiger partial charge in [-0.25, -0.2) is 18.9 Å². The summed E-state index contributed by atoms with van der Waals surface area (Å²) >= 11 is 0. The topological polar surface area (TPSA) is 69.0 Å². The fourth-order valence-electron chi connectivity index (χ4n) is 1.88. The molecule has 0 atom stereocenters. The Morgan fingerprint density at radius 2 is 2.09 bits per heavy atom. The Morgan fingerprint density at radius 1 is 1.39 bits per heavy atom. The Hall–Kier alpha value is -2.65. The summed E-state index contributed by atoms with van der Waals surface area (Å²) in [6, 6.07) is 1.97. The van der Waals surface area contributed by atoms with Crippen LogP contribution in [0.25, 0.3) is 5.82 Å². The van der Waals surface area contributed by atoms with Crippen molar-refractivity contribution in [1.82, 2.24) is 14.8 Å². The fourth-order valence-corrected chi connectivity index (χ4v) is 1.88. The number of pyridine rings is 1. The molecule has 6 nitrogen and oxygen atoms in total. The van der Waals surface area contributed by atoms with Gasteiger partial charge in [0.05, 0.1) is 12.8 Å². The summed E-state index contributed by atoms with van der Waals surface area (Å²) in [6.07, 6.45) is -4.14. The van der Waals surface area contributed by atoms with Crippen molar-refractivity contribution in [2.75, 3.05) is 19.0 Å². The lowest BCUT2D eigenvalue weighted by atomic mass is 10.2. The number of nitrogens with one attached hydrogen (secondary N) is 1. The van der Waals surface area contributed by atoms with Crippen molar-refractivity contribution in [2.24, 2.45) is 0 Å². The molecule has 0 aliphatic heterocycles. The molecule has 124 valence electrons. The van der Waals surface area contributed by atoms with E-state index in [1.54, 1.807) is 0 Å². The second kappa shape index (κ2) is 6.23. The van der Waals surface area contributed by atoms with Crippen molar-refractivity contribution in [3.05, 3.63) is 35.4 Å². The van der Waals surface area contributed by atoms with Gasteiger partial charge in [-0.2, -0.15) is 18.3 Å². The SMILES string of the molecule is CCOC(=O)c1cnn(-c2ccc(F)c(NC)n2)c1C(F)(F)F. The molecule has 2 heterocycles. The molecule has 2 rings (SSSR count). The average Bonchev–Trinajstić information content (AvgIpc) is 2.93. The quantitative estimate of drug-likeness (QED) is 0.688. The second-order valence-corrected chi connectivity index (χ2v) is 4.29. The molecular weight excluding hydrogens is 320 g/mol. The highest BCUT2D eigenvalue weighted by atomic mass is 19.4. The minimum atomic E-state index is -4.88. The molecule has 23 heavy (non-hydrogen) atoms. The summed E-state index contributed by atoms with van der Waals surface area (Å²) in [4.78, 5) is 15.4. The molecule has 2 aromatic rings. The number of aromatic nitrogens is 3. The van der Waals surface area contributed by atoms with E-state index in [1.807, 2.05) is 0 Å². The van der Waals surface area contributed by atoms with E-state index in [0.717, 1.165) is 18.3 Å². The molecule has 0 spiro atoms. The van der Waals surface area contributed by atoms with Gasteiger partial charge in [0.25, 0.3) is 0 Å². The largest absolute Gasteiger partial charge is 0.462 e. The van der Waals surface area contributed by atoms with Crippen LogP contribution in [-0.2, 0) is 10.9 Å². The van der Waals surface area contributed by atoms with Crippen LogP contribution in [-0.4, -0.2) is 34.4 Å². The van der Waals surface area contributed by atoms with Crippen LogP contribution >= 0.6 is 0 Å². The summed E-state index contributed by atoms with van der Waals surface area (Å²) in [6.45, 7) is 1.39. The molecule has 0 radical (unpaired) electrons. The molecule has 2 aromatic heterocycles. The first-order valence-corrected chi connectivity index (χ1v) is 6.46. The molecular formula is C13H12F4N4O2. The van der Waals surface area contributed by atoms with Crippen LogP contribution < -0.4 is 5.32 Å². The zero-order chi connectivity index (χ0) is 17.2. The van der Waals surface area contributed by atoms with Crippen molar-refractivity contribution in [2.45, 2.75) is 13.1 Å². The third-order valence-electron chi connectivity index (χ3n) is 2.82. The number of carbonyl (C=O) groups excluding carboxylic acids is 1. The zero-order valence-corrected chi connectivity index (χ0v) is 12.1. The van der Waals surface area contributed by atoms with Gasteiger partial charge in [-0.15, -0.1) is 0 Å². The first-order chi connectivity index (χ1) is 10.8. The summed E-state index contributed by atoms with van der Waals surface area (Å²) < 4.78 is 58.3. The summed E-state index contributed by atoms with van der Waals surface area (Å²) in [5.74, 6) is -2.42. The number of esters is 1. The van der Waals surface area contributed by atoms with E-state index < -0.39 is 29.2 Å². The molecule has 0 saturated heterocycles. The van der Waals surface area contributed by atoms with Crippen LogP contribution in [0.5, 0.6) is 0 Å². The predicted octanol–water partition coefficient (Wildman–Crippen LogP) is 2.64. The number of anilines is 1. The van der Waals surface area contributed by atoms with Gasteiger partial charge < -0.3 is 10.1 Å². The molecule has 0 fully saturated rings. The maximum atomic E-state index is 13.4. The molecule has 0 unspecified atom stereocenters. The van der Waals surface area contributed by atoms with Crippen LogP contribution in [0.2, 0.25) is 0 Å². The van der Waals surface area contributed by atoms with E-state index in [1.165, 1.54) is 14.0 Å². The number of nitrogens with zero attached hydrogens (tertiary/aromatic N) is 3. The Labute approximate surface area is 128 Å². The smallest absolute Gasteiger partial charge is 0.434 e. The van der Waals surface area contributed by atoms with Crippen molar-refractivity contribution >= 4 is 11.8 Å². The molecule has 10 heteroatoms. The Kier molecular flexibility index (Phi) is 4.52. The lowest BCUT2D eigenvalue weighted by Crippen LogP contribution is -2.19. The minimum absolute atomic E-state index is 0.0833. The van der Waals surface area contributed by atoms with Gasteiger partial charge >= 0.3 is 12.1 Å². The number of halogens is 4. The first-order valence-electron chi connectivity index (χ1n) is 6.46. The van der Waals surface area contributed by atoms with Crippen LogP contribution in [0.3, 0.4) is 0 Å². The van der Waals surface area contributed by atoms with E-state index in [0.29, 0.717) is 4.68 Å². The lowest BCUT2D eigenvalue weighted by molar-refractivity contribution is -0.143. The zero-order valence-electron chi connectivity index (χ0n) is 12.1. The number of ether oxygens (including phenoxy) is 1. The molecule has 1 N–H and O–H groups in total. The fraction of sp³-hybridized carbons (Fsp3) is 0.308. The summed E-state index contributed by atoms with van der Waals surface area (Å²) in [5, 5.41) is 5.96. The summed E-state index contributed by atoms with van der Waals surface area (Å²) in [5.41, 5.74) is -2.08. The second-order valence-electron chi connectivity index (χ2n) is 4.29. The van der Waals surface area contributed by atoms with Crippen LogP contribution in [0, 0.1) is 5.82 Å². The Balaban J connectivity index is 2.62. The first kappa shape index (κ1) is 16.7. The van der Waals surface area contributed by atoms with Crippen molar-refractivity contribution in [3.63, 3.8) is 0 Å². The molecule has 0 saturated carbocycles. The van der Waals surface area contributed by atoms with Crippen LogP contribution in [0.1, 0.15) is 23.0 Å². The Bertz CT molecular complexity index is 727. The number of rotatable bonds is 4. The molecule has 0 bridgehead atoms. The number of alkyl halides is 3. The van der Waals surface area contributed by atoms with Crippen molar-refractivity contribution in [3.8, 4) is 5.82 Å². The van der Waals surface area contributed by atoms with E-state index in [4.69, 9.17) is 0 Å². The van der Waals surface area contributed by atoms with Gasteiger partial charge in [0.1, 0.15) is 5.56 Å². The van der Waals surface area contributed by atoms with Gasteiger partial charge in [0.15, 0.2) is 23.1 Å². The van der Waals surface area contributed by atoms with Gasteiger partial charge in [0, 0.05) is 7.05 Å². The average molecular weight is 332 g/mol. The maximum absolute atomic E-state index is 13.4. The molecule has 0 amide bonds. The van der Waals surface area contributed by atoms with Gasteiger partial charge in [-0.3, -0.25) is 0 Å². The standard InChI is InChI=1S/C13H12F4N4O2/c1-3-23-12(22)7-6-19-21(10(7)13(15,16)17)9-5-4-8(14)11(18-2)20-9/h4-6H,3H2,1-2H3,(H,18,20). The molecule has 0 aliphatic carbocycles. The van der Waals surface area contributed by atoms with Gasteiger partial charge in [-0.05, 0) is 19.1 Å². The van der Waals surface area contributed by atoms with E-state index in [-0.39, 0.29) is 18.2 Å². The van der Waals surface area contributed by atoms with E-state index in [9.17, 15) is 22.4 Å². The van der Waals surface area contributed by atoms with Crippen LogP contribution in [0.15, 0.2) is 18.3 Å². The maximum Gasteiger partial charge on any atom is 0.434 e.